The second-order valence-electron chi connectivity index (χ2n) is 5.81. The summed E-state index contributed by atoms with van der Waals surface area (Å²) in [7, 11) is 0. The summed E-state index contributed by atoms with van der Waals surface area (Å²) in [4.78, 5) is 47.7. The fraction of sp³-hybridized carbons (Fsp3) is 0.375. The van der Waals surface area contributed by atoms with Gasteiger partial charge in [0, 0.05) is 18.7 Å². The third-order valence-corrected chi connectivity index (χ3v) is 3.64. The first-order chi connectivity index (χ1) is 11.5. The van der Waals surface area contributed by atoms with Crippen LogP contribution in [-0.2, 0) is 14.4 Å². The molecule has 5 N–H and O–H groups in total. The van der Waals surface area contributed by atoms with E-state index in [4.69, 9.17) is 10.8 Å². The van der Waals surface area contributed by atoms with Gasteiger partial charge in [0.15, 0.2) is 11.8 Å². The highest BCUT2D eigenvalue weighted by molar-refractivity contribution is 6.13. The van der Waals surface area contributed by atoms with Crippen LogP contribution in [0.15, 0.2) is 18.2 Å². The van der Waals surface area contributed by atoms with Crippen LogP contribution in [0, 0.1) is 5.92 Å². The second-order valence-corrected chi connectivity index (χ2v) is 5.81. The number of hydrogen-bond acceptors (Lipinski definition) is 6. The van der Waals surface area contributed by atoms with Crippen LogP contribution >= 0.6 is 0 Å². The molecule has 9 heteroatoms. The van der Waals surface area contributed by atoms with Crippen molar-refractivity contribution >= 4 is 29.3 Å². The molecule has 0 aliphatic carbocycles. The largest absolute Gasteiger partial charge is 0.507 e. The molecule has 0 bridgehead atoms. The smallest absolute Gasteiger partial charge is 0.339 e. The number of aromatic carboxylic acids is 1. The highest BCUT2D eigenvalue weighted by Crippen LogP contribution is 2.27. The lowest BCUT2D eigenvalue weighted by atomic mass is 9.94. The van der Waals surface area contributed by atoms with E-state index in [2.05, 4.69) is 0 Å². The second kappa shape index (κ2) is 7.75. The van der Waals surface area contributed by atoms with Gasteiger partial charge in [0.1, 0.15) is 11.3 Å². The minimum absolute atomic E-state index is 0.133. The van der Waals surface area contributed by atoms with Crippen molar-refractivity contribution in [1.29, 1.82) is 0 Å². The lowest BCUT2D eigenvalue weighted by Crippen LogP contribution is -2.55. The minimum Gasteiger partial charge on any atom is -0.507 e. The first kappa shape index (κ1) is 20.1. The van der Waals surface area contributed by atoms with Crippen molar-refractivity contribution in [2.75, 3.05) is 4.90 Å². The molecule has 0 saturated carbocycles. The maximum Gasteiger partial charge on any atom is 0.339 e. The summed E-state index contributed by atoms with van der Waals surface area (Å²) >= 11 is 0. The molecule has 0 spiro atoms. The van der Waals surface area contributed by atoms with E-state index < -0.39 is 47.0 Å². The molecule has 2 atom stereocenters. The number of carbonyl (C=O) groups is 4. The number of anilines is 1. The summed E-state index contributed by atoms with van der Waals surface area (Å²) < 4.78 is 0. The number of amides is 1. The molecule has 1 aromatic rings. The Balaban J connectivity index is 3.44. The molecule has 136 valence electrons. The molecule has 1 amide bonds. The van der Waals surface area contributed by atoms with Crippen LogP contribution in [-0.4, -0.2) is 51.0 Å². The molecule has 25 heavy (non-hydrogen) atoms. The number of benzene rings is 1. The number of nitrogens with zero attached hydrogens (tertiary/aromatic N) is 1. The van der Waals surface area contributed by atoms with Gasteiger partial charge in [-0.2, -0.15) is 0 Å². The summed E-state index contributed by atoms with van der Waals surface area (Å²) in [5, 5.41) is 28.1. The first-order valence-corrected chi connectivity index (χ1v) is 7.37. The van der Waals surface area contributed by atoms with E-state index in [1.807, 2.05) is 0 Å². The first-order valence-electron chi connectivity index (χ1n) is 7.37. The Bertz CT molecular complexity index is 714. The molecule has 0 fully saturated rings. The SMILES string of the molecule is CC(=O)N(c1ccc(C(=O)O)c(O)c1)C(C(=O)O)C(=O)C(N)C(C)C. The lowest BCUT2D eigenvalue weighted by Gasteiger charge is -2.29. The molecular formula is C16H20N2O7. The van der Waals surface area contributed by atoms with Crippen molar-refractivity contribution in [2.45, 2.75) is 32.9 Å². The maximum atomic E-state index is 12.4. The number of phenols is 1. The Morgan fingerprint density at radius 2 is 1.68 bits per heavy atom. The van der Waals surface area contributed by atoms with Gasteiger partial charge in [0.05, 0.1) is 6.04 Å². The number of aliphatic carboxylic acids is 1. The van der Waals surface area contributed by atoms with Crippen molar-refractivity contribution in [3.8, 4) is 5.75 Å². The van der Waals surface area contributed by atoms with Gasteiger partial charge >= 0.3 is 11.9 Å². The summed E-state index contributed by atoms with van der Waals surface area (Å²) in [6, 6.07) is 0.0399. The Morgan fingerprint density at radius 1 is 1.12 bits per heavy atom. The normalized spacial score (nSPS) is 13.2. The molecule has 0 aliphatic heterocycles. The van der Waals surface area contributed by atoms with Gasteiger partial charge in [0.25, 0.3) is 0 Å². The number of ketones is 1. The van der Waals surface area contributed by atoms with Crippen LogP contribution in [0.2, 0.25) is 0 Å². The molecule has 0 heterocycles. The van der Waals surface area contributed by atoms with Crippen LogP contribution < -0.4 is 10.6 Å². The number of aromatic hydroxyl groups is 1. The monoisotopic (exact) mass is 352 g/mol. The molecular weight excluding hydrogens is 332 g/mol. The molecule has 1 rings (SSSR count). The predicted molar refractivity (Wildman–Crippen MR) is 87.5 cm³/mol. The van der Waals surface area contributed by atoms with Gasteiger partial charge in [-0.1, -0.05) is 13.8 Å². The topological polar surface area (TPSA) is 158 Å². The van der Waals surface area contributed by atoms with E-state index in [0.29, 0.717) is 4.90 Å². The van der Waals surface area contributed by atoms with Gasteiger partial charge in [-0.3, -0.25) is 14.5 Å². The van der Waals surface area contributed by atoms with Crippen LogP contribution in [0.5, 0.6) is 5.75 Å². The standard InChI is InChI=1S/C16H20N2O7/c1-7(2)12(17)14(21)13(16(24)25)18(8(3)19)9-4-5-10(15(22)23)11(20)6-9/h4-7,12-13,20H,17H2,1-3H3,(H,22,23)(H,24,25). The van der Waals surface area contributed by atoms with Crippen molar-refractivity contribution in [3.05, 3.63) is 23.8 Å². The quantitative estimate of drug-likeness (QED) is 0.515. The Morgan fingerprint density at radius 3 is 2.04 bits per heavy atom. The van der Waals surface area contributed by atoms with Crippen LogP contribution in [0.25, 0.3) is 0 Å². The van der Waals surface area contributed by atoms with E-state index in [1.54, 1.807) is 13.8 Å². The van der Waals surface area contributed by atoms with Crippen LogP contribution in [0.1, 0.15) is 31.1 Å². The summed E-state index contributed by atoms with van der Waals surface area (Å²) in [6.45, 7) is 4.31. The fourth-order valence-corrected chi connectivity index (χ4v) is 2.23. The molecule has 0 aromatic heterocycles. The minimum atomic E-state index is -1.90. The number of hydrogen-bond donors (Lipinski definition) is 4. The van der Waals surface area contributed by atoms with Gasteiger partial charge < -0.3 is 21.1 Å². The zero-order valence-corrected chi connectivity index (χ0v) is 14.0. The number of nitrogens with two attached hydrogens (primary N) is 1. The average Bonchev–Trinajstić information content (AvgIpc) is 2.49. The Hall–Kier alpha value is -2.94. The average molecular weight is 352 g/mol. The number of carbonyl (C=O) groups excluding carboxylic acids is 2. The van der Waals surface area contributed by atoms with Gasteiger partial charge in [-0.25, -0.2) is 9.59 Å². The zero-order chi connectivity index (χ0) is 19.5. The third kappa shape index (κ3) is 4.32. The van der Waals surface area contributed by atoms with Gasteiger partial charge in [-0.15, -0.1) is 0 Å². The van der Waals surface area contributed by atoms with Crippen LogP contribution in [0.3, 0.4) is 0 Å². The molecule has 2 unspecified atom stereocenters. The molecule has 0 radical (unpaired) electrons. The van der Waals surface area contributed by atoms with Crippen LogP contribution in [0.4, 0.5) is 5.69 Å². The number of carboxylic acid groups (broad SMARTS) is 2. The molecule has 9 nitrogen and oxygen atoms in total. The molecule has 1 aromatic carbocycles. The van der Waals surface area contributed by atoms with Crippen molar-refractivity contribution < 1.29 is 34.5 Å². The highest BCUT2D eigenvalue weighted by Gasteiger charge is 2.39. The number of carboxylic acids is 2. The van der Waals surface area contributed by atoms with Gasteiger partial charge in [-0.05, 0) is 18.1 Å². The zero-order valence-electron chi connectivity index (χ0n) is 14.0. The summed E-state index contributed by atoms with van der Waals surface area (Å²) in [5.74, 6) is -5.66. The van der Waals surface area contributed by atoms with E-state index in [0.717, 1.165) is 25.1 Å². The van der Waals surface area contributed by atoms with Crippen molar-refractivity contribution in [2.24, 2.45) is 11.7 Å². The molecule has 0 saturated heterocycles. The Kier molecular flexibility index (Phi) is 6.24. The van der Waals surface area contributed by atoms with E-state index in [-0.39, 0.29) is 11.6 Å². The number of rotatable bonds is 7. The summed E-state index contributed by atoms with van der Waals surface area (Å²) in [5.41, 5.74) is 5.17. The molecule has 0 aliphatic rings. The maximum absolute atomic E-state index is 12.4. The van der Waals surface area contributed by atoms with Gasteiger partial charge in [0.2, 0.25) is 5.91 Å². The summed E-state index contributed by atoms with van der Waals surface area (Å²) in [6.07, 6.45) is 0. The van der Waals surface area contributed by atoms with E-state index >= 15 is 0 Å². The predicted octanol–water partition coefficient (Wildman–Crippen LogP) is 0.449. The van der Waals surface area contributed by atoms with Crippen molar-refractivity contribution in [1.82, 2.24) is 0 Å². The third-order valence-electron chi connectivity index (χ3n) is 3.64. The van der Waals surface area contributed by atoms with E-state index in [9.17, 15) is 29.4 Å². The number of Topliss-reactive ketones (excluding diaryl/α,β-unsaturated/α-hetero) is 1. The lowest BCUT2D eigenvalue weighted by molar-refractivity contribution is -0.144. The highest BCUT2D eigenvalue weighted by atomic mass is 16.4. The Labute approximate surface area is 143 Å². The fourth-order valence-electron chi connectivity index (χ4n) is 2.23. The van der Waals surface area contributed by atoms with E-state index in [1.165, 1.54) is 0 Å². The van der Waals surface area contributed by atoms with Crippen molar-refractivity contribution in [3.63, 3.8) is 0 Å².